The van der Waals surface area contributed by atoms with Crippen molar-refractivity contribution < 1.29 is 5.11 Å². The summed E-state index contributed by atoms with van der Waals surface area (Å²) in [5.74, 6) is 1.77. The molecular weight excluding hydrogens is 260 g/mol. The summed E-state index contributed by atoms with van der Waals surface area (Å²) in [6, 6.07) is 2.11. The lowest BCUT2D eigenvalue weighted by atomic mass is 9.82. The number of aromatic nitrogens is 2. The lowest BCUT2D eigenvalue weighted by Crippen LogP contribution is -2.37. The Morgan fingerprint density at radius 1 is 1.47 bits per heavy atom. The van der Waals surface area contributed by atoms with Crippen LogP contribution >= 0.6 is 11.3 Å². The number of aliphatic hydroxyl groups is 1. The highest BCUT2D eigenvalue weighted by Gasteiger charge is 2.28. The topological polar surface area (TPSA) is 75.3 Å². The first-order valence-electron chi connectivity index (χ1n) is 6.46. The quantitative estimate of drug-likeness (QED) is 0.895. The van der Waals surface area contributed by atoms with Crippen LogP contribution in [-0.4, -0.2) is 34.8 Å². The second kappa shape index (κ2) is 4.61. The monoisotopic (exact) mass is 278 g/mol. The fourth-order valence-corrected chi connectivity index (χ4v) is 3.54. The molecule has 1 aliphatic rings. The van der Waals surface area contributed by atoms with E-state index in [2.05, 4.69) is 27.9 Å². The fraction of sp³-hybridized carbons (Fsp3) is 0.538. The first kappa shape index (κ1) is 12.6. The average Bonchev–Trinajstić information content (AvgIpc) is 2.65. The summed E-state index contributed by atoms with van der Waals surface area (Å²) in [7, 11) is 2.03. The molecule has 19 heavy (non-hydrogen) atoms. The van der Waals surface area contributed by atoms with Gasteiger partial charge in [0.25, 0.3) is 0 Å². The van der Waals surface area contributed by atoms with Gasteiger partial charge < -0.3 is 15.7 Å². The van der Waals surface area contributed by atoms with Crippen LogP contribution in [0.2, 0.25) is 0 Å². The van der Waals surface area contributed by atoms with Crippen LogP contribution in [-0.2, 0) is 0 Å². The zero-order chi connectivity index (χ0) is 13.6. The van der Waals surface area contributed by atoms with Crippen molar-refractivity contribution in [1.82, 2.24) is 9.97 Å². The highest BCUT2D eigenvalue weighted by molar-refractivity contribution is 7.18. The van der Waals surface area contributed by atoms with Crippen LogP contribution < -0.4 is 10.6 Å². The smallest absolute Gasteiger partial charge is 0.223 e. The first-order chi connectivity index (χ1) is 9.02. The molecular formula is C13H18N4OS. The zero-order valence-electron chi connectivity index (χ0n) is 11.1. The molecule has 6 heteroatoms. The van der Waals surface area contributed by atoms with E-state index in [1.165, 1.54) is 4.88 Å². The Hall–Kier alpha value is -1.40. The molecule has 2 aromatic heterocycles. The number of nitrogens with two attached hydrogens (primary N) is 1. The summed E-state index contributed by atoms with van der Waals surface area (Å²) in [6.07, 6.45) is 1.66. The fourth-order valence-electron chi connectivity index (χ4n) is 2.66. The number of aliphatic hydroxyl groups excluding tert-OH is 1. The van der Waals surface area contributed by atoms with Crippen LogP contribution in [0.25, 0.3) is 10.2 Å². The molecule has 0 unspecified atom stereocenters. The minimum atomic E-state index is -0.114. The van der Waals surface area contributed by atoms with E-state index >= 15 is 0 Å². The van der Waals surface area contributed by atoms with Crippen molar-refractivity contribution in [1.29, 1.82) is 0 Å². The van der Waals surface area contributed by atoms with Gasteiger partial charge in [0, 0.05) is 18.5 Å². The number of hydrogen-bond donors (Lipinski definition) is 2. The zero-order valence-corrected chi connectivity index (χ0v) is 11.9. The average molecular weight is 278 g/mol. The molecule has 0 amide bonds. The second-order valence-electron chi connectivity index (χ2n) is 5.35. The second-order valence-corrected chi connectivity index (χ2v) is 6.59. The van der Waals surface area contributed by atoms with Gasteiger partial charge in [-0.15, -0.1) is 11.3 Å². The van der Waals surface area contributed by atoms with Crippen molar-refractivity contribution >= 4 is 33.3 Å². The van der Waals surface area contributed by atoms with E-state index in [1.807, 2.05) is 7.05 Å². The molecule has 5 nitrogen and oxygen atoms in total. The Balaban J connectivity index is 1.90. The number of thiophene rings is 1. The molecule has 0 aromatic carbocycles. The lowest BCUT2D eigenvalue weighted by Gasteiger charge is -2.34. The molecule has 0 radical (unpaired) electrons. The number of nitrogens with zero attached hydrogens (tertiary/aromatic N) is 3. The number of hydrogen-bond acceptors (Lipinski definition) is 6. The molecule has 3 N–H and O–H groups in total. The third-order valence-electron chi connectivity index (χ3n) is 3.62. The van der Waals surface area contributed by atoms with Crippen LogP contribution in [0.5, 0.6) is 0 Å². The van der Waals surface area contributed by atoms with Gasteiger partial charge in [-0.2, -0.15) is 4.98 Å². The number of nitrogen functional groups attached to an aromatic ring is 1. The maximum atomic E-state index is 9.36. The summed E-state index contributed by atoms with van der Waals surface area (Å²) in [5.41, 5.74) is 5.79. The SMILES string of the molecule is Cc1cc2c(N(C)CC3CC(O)C3)nc(N)nc2s1. The summed E-state index contributed by atoms with van der Waals surface area (Å²) in [6.45, 7) is 2.96. The van der Waals surface area contributed by atoms with Crippen molar-refractivity contribution in [3.8, 4) is 0 Å². The molecule has 1 saturated carbocycles. The van der Waals surface area contributed by atoms with Crippen LogP contribution in [0, 0.1) is 12.8 Å². The minimum Gasteiger partial charge on any atom is -0.393 e. The molecule has 0 aliphatic heterocycles. The van der Waals surface area contributed by atoms with Crippen molar-refractivity contribution in [3.63, 3.8) is 0 Å². The molecule has 0 saturated heterocycles. The van der Waals surface area contributed by atoms with E-state index in [1.54, 1.807) is 11.3 Å². The molecule has 1 fully saturated rings. The van der Waals surface area contributed by atoms with Crippen molar-refractivity contribution in [2.24, 2.45) is 5.92 Å². The van der Waals surface area contributed by atoms with Crippen molar-refractivity contribution in [2.75, 3.05) is 24.2 Å². The van der Waals surface area contributed by atoms with Gasteiger partial charge in [-0.1, -0.05) is 0 Å². The highest BCUT2D eigenvalue weighted by Crippen LogP contribution is 2.33. The number of anilines is 2. The standard InChI is InChI=1S/C13H18N4OS/c1-7-3-10-11(15-13(14)16-12(10)19-7)17(2)6-8-4-9(18)5-8/h3,8-9,18H,4-6H2,1-2H3,(H2,14,15,16). The van der Waals surface area contributed by atoms with E-state index in [-0.39, 0.29) is 6.10 Å². The van der Waals surface area contributed by atoms with Crippen LogP contribution in [0.4, 0.5) is 11.8 Å². The van der Waals surface area contributed by atoms with Gasteiger partial charge in [-0.05, 0) is 31.7 Å². The molecule has 0 bridgehead atoms. The Kier molecular flexibility index (Phi) is 3.06. The molecule has 2 heterocycles. The third kappa shape index (κ3) is 2.37. The predicted molar refractivity (Wildman–Crippen MR) is 78.6 cm³/mol. The minimum absolute atomic E-state index is 0.114. The van der Waals surface area contributed by atoms with Gasteiger partial charge in [-0.25, -0.2) is 4.98 Å². The van der Waals surface area contributed by atoms with Crippen molar-refractivity contribution in [2.45, 2.75) is 25.9 Å². The van der Waals surface area contributed by atoms with E-state index in [0.717, 1.165) is 35.4 Å². The summed E-state index contributed by atoms with van der Waals surface area (Å²) >= 11 is 1.64. The Morgan fingerprint density at radius 3 is 2.89 bits per heavy atom. The molecule has 2 aromatic rings. The maximum Gasteiger partial charge on any atom is 0.223 e. The van der Waals surface area contributed by atoms with Crippen LogP contribution in [0.3, 0.4) is 0 Å². The lowest BCUT2D eigenvalue weighted by molar-refractivity contribution is 0.0464. The largest absolute Gasteiger partial charge is 0.393 e. The van der Waals surface area contributed by atoms with Gasteiger partial charge in [-0.3, -0.25) is 0 Å². The maximum absolute atomic E-state index is 9.36. The molecule has 1 aliphatic carbocycles. The Labute approximate surface area is 116 Å². The van der Waals surface area contributed by atoms with Gasteiger partial charge in [0.05, 0.1) is 11.5 Å². The number of aryl methyl sites for hydroxylation is 1. The predicted octanol–water partition coefficient (Wildman–Crippen LogP) is 1.79. The summed E-state index contributed by atoms with van der Waals surface area (Å²) in [5, 5.41) is 10.4. The van der Waals surface area contributed by atoms with Crippen LogP contribution in [0.1, 0.15) is 17.7 Å². The normalized spacial score (nSPS) is 22.5. The molecule has 0 spiro atoms. The van der Waals surface area contributed by atoms with Crippen molar-refractivity contribution in [3.05, 3.63) is 10.9 Å². The van der Waals surface area contributed by atoms with E-state index in [9.17, 15) is 5.11 Å². The number of fused-ring (bicyclic) bond motifs is 1. The highest BCUT2D eigenvalue weighted by atomic mass is 32.1. The first-order valence-corrected chi connectivity index (χ1v) is 7.27. The summed E-state index contributed by atoms with van der Waals surface area (Å²) in [4.78, 5) is 12.9. The van der Waals surface area contributed by atoms with E-state index < -0.39 is 0 Å². The third-order valence-corrected chi connectivity index (χ3v) is 4.56. The van der Waals surface area contributed by atoms with E-state index in [0.29, 0.717) is 11.9 Å². The number of rotatable bonds is 3. The molecule has 3 rings (SSSR count). The summed E-state index contributed by atoms with van der Waals surface area (Å²) < 4.78 is 0. The Bertz CT molecular complexity index is 606. The van der Waals surface area contributed by atoms with Gasteiger partial charge in [0.15, 0.2) is 0 Å². The Morgan fingerprint density at radius 2 is 2.21 bits per heavy atom. The van der Waals surface area contributed by atoms with Gasteiger partial charge >= 0.3 is 0 Å². The van der Waals surface area contributed by atoms with E-state index in [4.69, 9.17) is 5.73 Å². The van der Waals surface area contributed by atoms with Crippen LogP contribution in [0.15, 0.2) is 6.07 Å². The van der Waals surface area contributed by atoms with Gasteiger partial charge in [0.2, 0.25) is 5.95 Å². The van der Waals surface area contributed by atoms with Gasteiger partial charge in [0.1, 0.15) is 10.6 Å². The molecule has 102 valence electrons. The molecule has 0 atom stereocenters.